The van der Waals surface area contributed by atoms with Gasteiger partial charge in [-0.1, -0.05) is 31.4 Å². The molecule has 2 rings (SSSR count). The molecule has 0 bridgehead atoms. The maximum atomic E-state index is 14.2. The summed E-state index contributed by atoms with van der Waals surface area (Å²) in [5, 5.41) is 0. The number of hydrogen-bond donors (Lipinski definition) is 0. The van der Waals surface area contributed by atoms with Crippen LogP contribution in [-0.4, -0.2) is 13.0 Å². The molecule has 1 aliphatic rings. The predicted octanol–water partition coefficient (Wildman–Crippen LogP) is 4.57. The first-order valence-electron chi connectivity index (χ1n) is 6.58. The Balaban J connectivity index is 2.21. The van der Waals surface area contributed by atoms with Gasteiger partial charge >= 0.3 is 0 Å². The van der Waals surface area contributed by atoms with E-state index in [4.69, 9.17) is 16.3 Å². The molecular weight excluding hydrogens is 251 g/mol. The molecule has 1 nitrogen and oxygen atoms in total. The molecule has 100 valence electrons. The zero-order valence-corrected chi connectivity index (χ0v) is 11.6. The number of ether oxygens (including phenoxy) is 1. The lowest BCUT2D eigenvalue weighted by Gasteiger charge is -2.35. The number of benzene rings is 1. The third-order valence-corrected chi connectivity index (χ3v) is 4.59. The minimum absolute atomic E-state index is 0.0764. The summed E-state index contributed by atoms with van der Waals surface area (Å²) in [5.74, 6) is 0.715. The van der Waals surface area contributed by atoms with E-state index in [-0.39, 0.29) is 11.2 Å². The fourth-order valence-electron chi connectivity index (χ4n) is 2.91. The van der Waals surface area contributed by atoms with Gasteiger partial charge in [0.05, 0.1) is 7.11 Å². The molecule has 0 unspecified atom stereocenters. The standard InChI is InChI=1S/C15H20ClFO/c1-18-13-7-5-6-12(14(13)17)10-15(11-16)8-3-2-4-9-15/h5-7H,2-4,8-11H2,1H3. The molecule has 0 amide bonds. The van der Waals surface area contributed by atoms with Gasteiger partial charge in [0, 0.05) is 5.88 Å². The van der Waals surface area contributed by atoms with Gasteiger partial charge in [-0.2, -0.15) is 0 Å². The van der Waals surface area contributed by atoms with E-state index in [1.54, 1.807) is 6.07 Å². The van der Waals surface area contributed by atoms with E-state index in [1.165, 1.54) is 26.4 Å². The lowest BCUT2D eigenvalue weighted by Crippen LogP contribution is -2.29. The largest absolute Gasteiger partial charge is 0.494 e. The van der Waals surface area contributed by atoms with Gasteiger partial charge in [0.2, 0.25) is 0 Å². The zero-order chi connectivity index (χ0) is 13.0. The maximum Gasteiger partial charge on any atom is 0.168 e. The summed E-state index contributed by atoms with van der Waals surface area (Å²) in [6.45, 7) is 0. The van der Waals surface area contributed by atoms with Crippen molar-refractivity contribution >= 4 is 11.6 Å². The van der Waals surface area contributed by atoms with Crippen molar-refractivity contribution in [2.24, 2.45) is 5.41 Å². The summed E-state index contributed by atoms with van der Waals surface area (Å²) in [5.41, 5.74) is 0.810. The first kappa shape index (κ1) is 13.7. The molecule has 1 aromatic rings. The molecule has 0 aliphatic heterocycles. The van der Waals surface area contributed by atoms with Gasteiger partial charge in [0.15, 0.2) is 11.6 Å². The Hall–Kier alpha value is -0.760. The van der Waals surface area contributed by atoms with Crippen molar-refractivity contribution in [3.63, 3.8) is 0 Å². The van der Waals surface area contributed by atoms with E-state index in [1.807, 2.05) is 12.1 Å². The number of rotatable bonds is 4. The van der Waals surface area contributed by atoms with Crippen molar-refractivity contribution in [3.8, 4) is 5.75 Å². The molecule has 0 radical (unpaired) electrons. The summed E-state index contributed by atoms with van der Waals surface area (Å²) < 4.78 is 19.2. The van der Waals surface area contributed by atoms with Crippen LogP contribution in [0.2, 0.25) is 0 Å². The van der Waals surface area contributed by atoms with Gasteiger partial charge in [-0.05, 0) is 36.3 Å². The first-order chi connectivity index (χ1) is 8.71. The minimum atomic E-state index is -0.227. The Bertz CT molecular complexity index is 399. The highest BCUT2D eigenvalue weighted by molar-refractivity contribution is 6.18. The molecule has 0 aromatic heterocycles. The molecule has 1 fully saturated rings. The van der Waals surface area contributed by atoms with Gasteiger partial charge in [0.1, 0.15) is 0 Å². The third kappa shape index (κ3) is 2.80. The molecule has 1 aliphatic carbocycles. The van der Waals surface area contributed by atoms with Crippen molar-refractivity contribution < 1.29 is 9.13 Å². The highest BCUT2D eigenvalue weighted by Crippen LogP contribution is 2.41. The van der Waals surface area contributed by atoms with Crippen LogP contribution in [0.1, 0.15) is 37.7 Å². The Morgan fingerprint density at radius 1 is 1.28 bits per heavy atom. The summed E-state index contributed by atoms with van der Waals surface area (Å²) >= 11 is 6.16. The molecule has 18 heavy (non-hydrogen) atoms. The summed E-state index contributed by atoms with van der Waals surface area (Å²) in [4.78, 5) is 0. The second-order valence-corrected chi connectivity index (χ2v) is 5.57. The Labute approximate surface area is 113 Å². The van der Waals surface area contributed by atoms with E-state index in [9.17, 15) is 4.39 Å². The van der Waals surface area contributed by atoms with Crippen molar-refractivity contribution in [3.05, 3.63) is 29.6 Å². The van der Waals surface area contributed by atoms with Gasteiger partial charge in [-0.3, -0.25) is 0 Å². The molecule has 0 atom stereocenters. The molecule has 0 saturated heterocycles. The van der Waals surface area contributed by atoms with Crippen LogP contribution < -0.4 is 4.74 Å². The van der Waals surface area contributed by atoms with E-state index in [0.29, 0.717) is 11.6 Å². The van der Waals surface area contributed by atoms with Gasteiger partial charge in [-0.15, -0.1) is 11.6 Å². The molecule has 0 N–H and O–H groups in total. The van der Waals surface area contributed by atoms with Gasteiger partial charge in [0.25, 0.3) is 0 Å². The van der Waals surface area contributed by atoms with Gasteiger partial charge in [-0.25, -0.2) is 4.39 Å². The lowest BCUT2D eigenvalue weighted by atomic mass is 9.71. The van der Waals surface area contributed by atoms with Crippen LogP contribution in [0.3, 0.4) is 0 Å². The average Bonchev–Trinajstić information content (AvgIpc) is 2.42. The molecule has 0 spiro atoms. The van der Waals surface area contributed by atoms with Crippen LogP contribution in [0.4, 0.5) is 4.39 Å². The Morgan fingerprint density at radius 3 is 2.61 bits per heavy atom. The topological polar surface area (TPSA) is 9.23 Å². The molecular formula is C15H20ClFO. The van der Waals surface area contributed by atoms with Crippen LogP contribution in [0.5, 0.6) is 5.75 Å². The number of alkyl halides is 1. The molecule has 1 aromatic carbocycles. The highest BCUT2D eigenvalue weighted by atomic mass is 35.5. The molecule has 0 heterocycles. The van der Waals surface area contributed by atoms with Crippen molar-refractivity contribution in [2.45, 2.75) is 38.5 Å². The summed E-state index contributed by atoms with van der Waals surface area (Å²) in [7, 11) is 1.50. The van der Waals surface area contributed by atoms with E-state index >= 15 is 0 Å². The fraction of sp³-hybridized carbons (Fsp3) is 0.600. The number of hydrogen-bond acceptors (Lipinski definition) is 1. The monoisotopic (exact) mass is 270 g/mol. The second-order valence-electron chi connectivity index (χ2n) is 5.30. The number of methoxy groups -OCH3 is 1. The van der Waals surface area contributed by atoms with Crippen LogP contribution >= 0.6 is 11.6 Å². The van der Waals surface area contributed by atoms with Crippen molar-refractivity contribution in [1.82, 2.24) is 0 Å². The van der Waals surface area contributed by atoms with Gasteiger partial charge < -0.3 is 4.74 Å². The molecule has 3 heteroatoms. The van der Waals surface area contributed by atoms with Crippen LogP contribution in [-0.2, 0) is 6.42 Å². The smallest absolute Gasteiger partial charge is 0.168 e. The highest BCUT2D eigenvalue weighted by Gasteiger charge is 2.32. The number of halogens is 2. The predicted molar refractivity (Wildman–Crippen MR) is 72.9 cm³/mol. The average molecular weight is 271 g/mol. The van der Waals surface area contributed by atoms with E-state index in [0.717, 1.165) is 24.8 Å². The third-order valence-electron chi connectivity index (χ3n) is 4.03. The second kappa shape index (κ2) is 5.92. The van der Waals surface area contributed by atoms with Crippen LogP contribution in [0.15, 0.2) is 18.2 Å². The Kier molecular flexibility index (Phi) is 4.50. The van der Waals surface area contributed by atoms with E-state index in [2.05, 4.69) is 0 Å². The quantitative estimate of drug-likeness (QED) is 0.729. The maximum absolute atomic E-state index is 14.2. The summed E-state index contributed by atoms with van der Waals surface area (Å²) in [6.07, 6.45) is 6.62. The normalized spacial score (nSPS) is 18.6. The van der Waals surface area contributed by atoms with Crippen LogP contribution in [0, 0.1) is 11.2 Å². The van der Waals surface area contributed by atoms with Crippen molar-refractivity contribution in [1.29, 1.82) is 0 Å². The SMILES string of the molecule is COc1cccc(CC2(CCl)CCCCC2)c1F. The Morgan fingerprint density at radius 2 is 2.00 bits per heavy atom. The molecule has 1 saturated carbocycles. The zero-order valence-electron chi connectivity index (χ0n) is 10.8. The minimum Gasteiger partial charge on any atom is -0.494 e. The fourth-order valence-corrected chi connectivity index (χ4v) is 3.28. The van der Waals surface area contributed by atoms with Crippen LogP contribution in [0.25, 0.3) is 0 Å². The van der Waals surface area contributed by atoms with Crippen molar-refractivity contribution in [2.75, 3.05) is 13.0 Å². The summed E-state index contributed by atoms with van der Waals surface area (Å²) in [6, 6.07) is 5.36. The lowest BCUT2D eigenvalue weighted by molar-refractivity contribution is 0.216. The first-order valence-corrected chi connectivity index (χ1v) is 7.11. The van der Waals surface area contributed by atoms with E-state index < -0.39 is 0 Å².